The average molecular weight is 225 g/mol. The van der Waals surface area contributed by atoms with Crippen LogP contribution in [0.3, 0.4) is 0 Å². The fourth-order valence-corrected chi connectivity index (χ4v) is 1.34. The number of aromatic nitrogens is 1. The molecule has 0 aliphatic carbocycles. The molecule has 0 radical (unpaired) electrons. The Hall–Kier alpha value is -2.54. The minimum absolute atomic E-state index is 0.423. The zero-order chi connectivity index (χ0) is 12.3. The van der Waals surface area contributed by atoms with Crippen LogP contribution in [0.2, 0.25) is 0 Å². The Balaban J connectivity index is 2.25. The predicted molar refractivity (Wildman–Crippen MR) is 64.6 cm³/mol. The van der Waals surface area contributed by atoms with Crippen LogP contribution in [0.4, 0.5) is 5.69 Å². The van der Waals surface area contributed by atoms with Gasteiger partial charge in [0.15, 0.2) is 5.75 Å². The maximum absolute atomic E-state index is 8.71. The summed E-state index contributed by atoms with van der Waals surface area (Å²) in [4.78, 5) is 4.11. The first-order valence-electron chi connectivity index (χ1n) is 5.09. The van der Waals surface area contributed by atoms with Gasteiger partial charge in [-0.15, -0.1) is 0 Å². The number of nitrogens with zero attached hydrogens (tertiary/aromatic N) is 2. The predicted octanol–water partition coefficient (Wildman–Crippen LogP) is 2.64. The molecule has 0 fully saturated rings. The minimum atomic E-state index is 0.423. The van der Waals surface area contributed by atoms with E-state index >= 15 is 0 Å². The van der Waals surface area contributed by atoms with E-state index in [9.17, 15) is 0 Å². The van der Waals surface area contributed by atoms with Gasteiger partial charge in [0.1, 0.15) is 0 Å². The quantitative estimate of drug-likeness (QED) is 0.797. The van der Waals surface area contributed by atoms with E-state index < -0.39 is 0 Å². The Morgan fingerprint density at radius 1 is 1.29 bits per heavy atom. The molecule has 17 heavy (non-hydrogen) atoms. The first-order chi connectivity index (χ1) is 8.19. The maximum Gasteiger partial charge on any atom is 0.219 e. The first kappa shape index (κ1) is 11.0. The van der Waals surface area contributed by atoms with Gasteiger partial charge in [0.05, 0.1) is 17.3 Å². The highest BCUT2D eigenvalue weighted by molar-refractivity contribution is 5.57. The number of nitriles is 1. The molecule has 0 saturated carbocycles. The van der Waals surface area contributed by atoms with Crippen LogP contribution >= 0.6 is 0 Å². The van der Waals surface area contributed by atoms with Crippen LogP contribution in [0.25, 0.3) is 0 Å². The molecule has 0 saturated heterocycles. The molecule has 0 spiro atoms. The van der Waals surface area contributed by atoms with Crippen molar-refractivity contribution in [2.75, 3.05) is 5.73 Å². The Bertz CT molecular complexity index is 570. The van der Waals surface area contributed by atoms with Crippen molar-refractivity contribution in [3.8, 4) is 17.7 Å². The van der Waals surface area contributed by atoms with Crippen molar-refractivity contribution in [1.82, 2.24) is 4.98 Å². The van der Waals surface area contributed by atoms with Crippen LogP contribution in [-0.2, 0) is 0 Å². The fourth-order valence-electron chi connectivity index (χ4n) is 1.34. The summed E-state index contributed by atoms with van der Waals surface area (Å²) in [5.74, 6) is 0.979. The van der Waals surface area contributed by atoms with Gasteiger partial charge in [-0.2, -0.15) is 5.26 Å². The number of nitrogens with two attached hydrogens (primary N) is 1. The molecule has 1 aromatic carbocycles. The molecule has 2 rings (SSSR count). The molecule has 4 heteroatoms. The summed E-state index contributed by atoms with van der Waals surface area (Å²) < 4.78 is 5.52. The molecule has 0 aliphatic rings. The van der Waals surface area contributed by atoms with Gasteiger partial charge in [-0.3, -0.25) is 0 Å². The average Bonchev–Trinajstić information content (AvgIpc) is 2.34. The van der Waals surface area contributed by atoms with E-state index in [4.69, 9.17) is 15.7 Å². The molecule has 0 unspecified atom stereocenters. The summed E-state index contributed by atoms with van der Waals surface area (Å²) in [7, 11) is 0. The van der Waals surface area contributed by atoms with E-state index in [1.54, 1.807) is 30.5 Å². The number of aryl methyl sites for hydroxylation is 1. The summed E-state index contributed by atoms with van der Waals surface area (Å²) in [5.41, 5.74) is 7.76. The second-order valence-electron chi connectivity index (χ2n) is 3.64. The van der Waals surface area contributed by atoms with E-state index in [1.165, 1.54) is 0 Å². The summed E-state index contributed by atoms with van der Waals surface area (Å²) >= 11 is 0. The lowest BCUT2D eigenvalue weighted by molar-refractivity contribution is 0.465. The second kappa shape index (κ2) is 4.54. The Morgan fingerprint density at radius 2 is 2.12 bits per heavy atom. The number of rotatable bonds is 2. The maximum atomic E-state index is 8.71. The highest BCUT2D eigenvalue weighted by Crippen LogP contribution is 2.26. The third-order valence-corrected chi connectivity index (χ3v) is 2.24. The zero-order valence-electron chi connectivity index (χ0n) is 9.34. The van der Waals surface area contributed by atoms with Crippen LogP contribution in [0.5, 0.6) is 11.6 Å². The van der Waals surface area contributed by atoms with E-state index in [0.29, 0.717) is 22.9 Å². The largest absolute Gasteiger partial charge is 0.437 e. The number of nitrogen functional groups attached to an aromatic ring is 1. The van der Waals surface area contributed by atoms with Crippen molar-refractivity contribution < 1.29 is 4.74 Å². The fraction of sp³-hybridized carbons (Fsp3) is 0.0769. The van der Waals surface area contributed by atoms with Crippen LogP contribution in [0.15, 0.2) is 36.5 Å². The molecule has 84 valence electrons. The first-order valence-corrected chi connectivity index (χ1v) is 5.09. The highest BCUT2D eigenvalue weighted by Gasteiger charge is 2.04. The Labute approximate surface area is 99.3 Å². The summed E-state index contributed by atoms with van der Waals surface area (Å²) in [6.07, 6.45) is 1.72. The van der Waals surface area contributed by atoms with Crippen molar-refractivity contribution >= 4 is 5.69 Å². The number of pyridine rings is 1. The monoisotopic (exact) mass is 225 g/mol. The lowest BCUT2D eigenvalue weighted by Crippen LogP contribution is -1.94. The summed E-state index contributed by atoms with van der Waals surface area (Å²) in [6.45, 7) is 1.95. The van der Waals surface area contributed by atoms with Gasteiger partial charge < -0.3 is 10.5 Å². The van der Waals surface area contributed by atoms with Crippen molar-refractivity contribution in [3.63, 3.8) is 0 Å². The van der Waals surface area contributed by atoms with E-state index in [1.807, 2.05) is 19.1 Å². The number of ether oxygens (including phenoxy) is 1. The second-order valence-corrected chi connectivity index (χ2v) is 3.64. The molecular weight excluding hydrogens is 214 g/mol. The van der Waals surface area contributed by atoms with E-state index in [2.05, 4.69) is 4.98 Å². The van der Waals surface area contributed by atoms with Crippen LogP contribution in [-0.4, -0.2) is 4.98 Å². The van der Waals surface area contributed by atoms with Crippen molar-refractivity contribution in [1.29, 1.82) is 5.26 Å². The molecule has 2 aromatic rings. The molecule has 4 nitrogen and oxygen atoms in total. The van der Waals surface area contributed by atoms with Gasteiger partial charge in [-0.25, -0.2) is 4.98 Å². The lowest BCUT2D eigenvalue weighted by Gasteiger charge is -2.07. The molecule has 0 amide bonds. The number of benzene rings is 1. The van der Waals surface area contributed by atoms with Gasteiger partial charge in [0, 0.05) is 12.3 Å². The van der Waals surface area contributed by atoms with Gasteiger partial charge in [-0.1, -0.05) is 6.07 Å². The normalized spacial score (nSPS) is 9.65. The van der Waals surface area contributed by atoms with E-state index in [-0.39, 0.29) is 0 Å². The SMILES string of the molecule is Cc1ccc(Oc2ccc(C#N)cc2N)nc1. The topological polar surface area (TPSA) is 71.9 Å². The third-order valence-electron chi connectivity index (χ3n) is 2.24. The van der Waals surface area contributed by atoms with E-state index in [0.717, 1.165) is 5.56 Å². The molecule has 1 aromatic heterocycles. The molecule has 2 N–H and O–H groups in total. The van der Waals surface area contributed by atoms with Crippen molar-refractivity contribution in [3.05, 3.63) is 47.7 Å². The van der Waals surface area contributed by atoms with Crippen LogP contribution in [0, 0.1) is 18.3 Å². The van der Waals surface area contributed by atoms with Crippen molar-refractivity contribution in [2.24, 2.45) is 0 Å². The van der Waals surface area contributed by atoms with Crippen molar-refractivity contribution in [2.45, 2.75) is 6.92 Å². The zero-order valence-corrected chi connectivity index (χ0v) is 9.34. The number of anilines is 1. The Morgan fingerprint density at radius 3 is 2.71 bits per heavy atom. The summed E-state index contributed by atoms with van der Waals surface area (Å²) in [6, 6.07) is 10.6. The van der Waals surface area contributed by atoms with Crippen LogP contribution < -0.4 is 10.5 Å². The molecule has 1 heterocycles. The number of hydrogen-bond donors (Lipinski definition) is 1. The van der Waals surface area contributed by atoms with Crippen LogP contribution in [0.1, 0.15) is 11.1 Å². The third kappa shape index (κ3) is 2.52. The standard InChI is InChI=1S/C13H11N3O/c1-9-2-5-13(16-8-9)17-12-4-3-10(7-14)6-11(12)15/h2-6,8H,15H2,1H3. The molecule has 0 bridgehead atoms. The lowest BCUT2D eigenvalue weighted by atomic mass is 10.2. The number of hydrogen-bond acceptors (Lipinski definition) is 4. The van der Waals surface area contributed by atoms with Gasteiger partial charge >= 0.3 is 0 Å². The highest BCUT2D eigenvalue weighted by atomic mass is 16.5. The minimum Gasteiger partial charge on any atom is -0.437 e. The molecular formula is C13H11N3O. The summed E-state index contributed by atoms with van der Waals surface area (Å²) in [5, 5.41) is 8.71. The van der Waals surface area contributed by atoms with Gasteiger partial charge in [0.25, 0.3) is 0 Å². The molecule has 0 aliphatic heterocycles. The van der Waals surface area contributed by atoms with Gasteiger partial charge in [-0.05, 0) is 30.7 Å². The Kier molecular flexibility index (Phi) is 2.93. The smallest absolute Gasteiger partial charge is 0.219 e. The molecule has 0 atom stereocenters. The van der Waals surface area contributed by atoms with Gasteiger partial charge in [0.2, 0.25) is 5.88 Å².